The van der Waals surface area contributed by atoms with Crippen LogP contribution in [0.4, 0.5) is 10.1 Å². The zero-order chi connectivity index (χ0) is 17.0. The summed E-state index contributed by atoms with van der Waals surface area (Å²) in [7, 11) is 1.96. The summed E-state index contributed by atoms with van der Waals surface area (Å²) in [5.74, 6) is -0.583. The number of rotatable bonds is 5. The third kappa shape index (κ3) is 4.89. The molecule has 0 aliphatic rings. The van der Waals surface area contributed by atoms with Crippen molar-refractivity contribution in [2.45, 2.75) is 27.3 Å². The van der Waals surface area contributed by atoms with Gasteiger partial charge in [0.25, 0.3) is 5.91 Å². The number of carbonyl (C=O) groups is 1. The van der Waals surface area contributed by atoms with E-state index in [9.17, 15) is 9.18 Å². The van der Waals surface area contributed by atoms with Crippen molar-refractivity contribution in [3.05, 3.63) is 64.5 Å². The van der Waals surface area contributed by atoms with Crippen molar-refractivity contribution in [1.82, 2.24) is 0 Å². The average molecular weight is 315 g/mol. The van der Waals surface area contributed by atoms with Gasteiger partial charge in [0.05, 0.1) is 12.7 Å². The number of halogens is 1. The molecule has 0 aliphatic carbocycles. The normalized spacial score (nSPS) is 12.0. The minimum absolute atomic E-state index is 0.185. The number of likely N-dealkylation sites (N-methyl/N-ethyl adjacent to an activating group) is 1. The maximum atomic E-state index is 13.8. The van der Waals surface area contributed by atoms with Crippen molar-refractivity contribution >= 4 is 11.6 Å². The molecule has 1 unspecified atom stereocenters. The Kier molecular flexibility index (Phi) is 5.50. The van der Waals surface area contributed by atoms with Crippen LogP contribution in [0.5, 0.6) is 0 Å². The molecule has 2 aromatic rings. The lowest BCUT2D eigenvalue weighted by molar-refractivity contribution is -0.885. The molecule has 3 nitrogen and oxygen atoms in total. The summed E-state index contributed by atoms with van der Waals surface area (Å²) in [5, 5.41) is 2.64. The van der Waals surface area contributed by atoms with E-state index in [0.29, 0.717) is 6.54 Å². The van der Waals surface area contributed by atoms with E-state index in [1.807, 2.05) is 14.0 Å². The van der Waals surface area contributed by atoms with Gasteiger partial charge in [0, 0.05) is 5.56 Å². The van der Waals surface area contributed by atoms with E-state index >= 15 is 0 Å². The second kappa shape index (κ2) is 7.38. The van der Waals surface area contributed by atoms with E-state index in [0.717, 1.165) is 17.0 Å². The summed E-state index contributed by atoms with van der Waals surface area (Å²) in [4.78, 5) is 13.1. The number of benzene rings is 2. The van der Waals surface area contributed by atoms with E-state index in [2.05, 4.69) is 37.4 Å². The lowest BCUT2D eigenvalue weighted by Gasteiger charge is -2.16. The number of carbonyl (C=O) groups excluding carboxylic acids is 1. The number of amides is 1. The summed E-state index contributed by atoms with van der Waals surface area (Å²) in [5.41, 5.74) is 4.76. The van der Waals surface area contributed by atoms with Crippen LogP contribution in [0, 0.1) is 26.6 Å². The minimum Gasteiger partial charge on any atom is -0.326 e. The number of hydrogen-bond acceptors (Lipinski definition) is 1. The Labute approximate surface area is 137 Å². The molecular formula is C19H24FN2O+. The largest absolute Gasteiger partial charge is 0.326 e. The van der Waals surface area contributed by atoms with Crippen LogP contribution in [0.2, 0.25) is 0 Å². The highest BCUT2D eigenvalue weighted by Crippen LogP contribution is 2.14. The van der Waals surface area contributed by atoms with Crippen molar-refractivity contribution in [2.75, 3.05) is 18.9 Å². The fourth-order valence-electron chi connectivity index (χ4n) is 2.62. The van der Waals surface area contributed by atoms with E-state index < -0.39 is 5.82 Å². The van der Waals surface area contributed by atoms with Crippen LogP contribution in [-0.4, -0.2) is 19.5 Å². The monoisotopic (exact) mass is 315 g/mol. The van der Waals surface area contributed by atoms with Crippen LogP contribution in [0.3, 0.4) is 0 Å². The van der Waals surface area contributed by atoms with Crippen molar-refractivity contribution < 1.29 is 14.1 Å². The second-order valence-electron chi connectivity index (χ2n) is 6.27. The van der Waals surface area contributed by atoms with Crippen molar-refractivity contribution in [3.63, 3.8) is 0 Å². The van der Waals surface area contributed by atoms with Gasteiger partial charge in [-0.3, -0.25) is 4.79 Å². The van der Waals surface area contributed by atoms with Gasteiger partial charge < -0.3 is 10.2 Å². The first kappa shape index (κ1) is 17.2. The highest BCUT2D eigenvalue weighted by molar-refractivity contribution is 5.91. The number of aryl methyl sites for hydroxylation is 3. The van der Waals surface area contributed by atoms with Gasteiger partial charge in [0.15, 0.2) is 6.54 Å². The molecule has 122 valence electrons. The average Bonchev–Trinajstić information content (AvgIpc) is 2.45. The molecule has 2 rings (SSSR count). The second-order valence-corrected chi connectivity index (χ2v) is 6.27. The number of nitrogens with one attached hydrogen (secondary N) is 2. The lowest BCUT2D eigenvalue weighted by atomic mass is 10.1. The van der Waals surface area contributed by atoms with Gasteiger partial charge >= 0.3 is 0 Å². The maximum absolute atomic E-state index is 13.8. The van der Waals surface area contributed by atoms with Gasteiger partial charge in [0.1, 0.15) is 12.4 Å². The molecule has 0 saturated heterocycles. The number of hydrogen-bond donors (Lipinski definition) is 2. The zero-order valence-electron chi connectivity index (χ0n) is 14.2. The predicted molar refractivity (Wildman–Crippen MR) is 91.1 cm³/mol. The molecular weight excluding hydrogens is 291 g/mol. The van der Waals surface area contributed by atoms with Crippen LogP contribution < -0.4 is 10.2 Å². The van der Waals surface area contributed by atoms with Crippen LogP contribution in [0.25, 0.3) is 0 Å². The predicted octanol–water partition coefficient (Wildman–Crippen LogP) is 2.40. The third-order valence-corrected chi connectivity index (χ3v) is 3.85. The molecule has 23 heavy (non-hydrogen) atoms. The fraction of sp³-hybridized carbons (Fsp3) is 0.316. The first-order valence-corrected chi connectivity index (χ1v) is 7.78. The zero-order valence-corrected chi connectivity index (χ0v) is 14.2. The molecule has 2 N–H and O–H groups in total. The number of quaternary nitrogens is 1. The molecule has 0 heterocycles. The van der Waals surface area contributed by atoms with Crippen molar-refractivity contribution in [2.24, 2.45) is 0 Å². The number of anilines is 1. The Morgan fingerprint density at radius 3 is 2.39 bits per heavy atom. The SMILES string of the molecule is Cc1ccc(C[NH+](C)CC(=O)Nc2ccc(C)cc2F)c(C)c1. The first-order valence-electron chi connectivity index (χ1n) is 7.78. The molecule has 0 radical (unpaired) electrons. The van der Waals surface area contributed by atoms with E-state index in [1.54, 1.807) is 12.1 Å². The van der Waals surface area contributed by atoms with Gasteiger partial charge in [-0.15, -0.1) is 0 Å². The van der Waals surface area contributed by atoms with Gasteiger partial charge in [-0.2, -0.15) is 0 Å². The van der Waals surface area contributed by atoms with E-state index in [-0.39, 0.29) is 11.6 Å². The fourth-order valence-corrected chi connectivity index (χ4v) is 2.62. The summed E-state index contributed by atoms with van der Waals surface area (Å²) >= 11 is 0. The Bertz CT molecular complexity index is 713. The summed E-state index contributed by atoms with van der Waals surface area (Å²) in [6.45, 7) is 7.02. The lowest BCUT2D eigenvalue weighted by Crippen LogP contribution is -3.08. The molecule has 0 spiro atoms. The van der Waals surface area contributed by atoms with Crippen LogP contribution in [0.1, 0.15) is 22.3 Å². The van der Waals surface area contributed by atoms with Gasteiger partial charge in [0.2, 0.25) is 0 Å². The van der Waals surface area contributed by atoms with Crippen molar-refractivity contribution in [1.29, 1.82) is 0 Å². The maximum Gasteiger partial charge on any atom is 0.279 e. The highest BCUT2D eigenvalue weighted by Gasteiger charge is 2.13. The third-order valence-electron chi connectivity index (χ3n) is 3.85. The molecule has 0 bridgehead atoms. The smallest absolute Gasteiger partial charge is 0.279 e. The minimum atomic E-state index is -0.398. The Balaban J connectivity index is 1.94. The molecule has 4 heteroatoms. The van der Waals surface area contributed by atoms with Crippen LogP contribution in [-0.2, 0) is 11.3 Å². The topological polar surface area (TPSA) is 33.5 Å². The highest BCUT2D eigenvalue weighted by atomic mass is 19.1. The molecule has 0 aromatic heterocycles. The molecule has 0 aliphatic heterocycles. The molecule has 1 atom stereocenters. The van der Waals surface area contributed by atoms with Crippen LogP contribution in [0.15, 0.2) is 36.4 Å². The Morgan fingerprint density at radius 1 is 1.09 bits per heavy atom. The van der Waals surface area contributed by atoms with Crippen molar-refractivity contribution in [3.8, 4) is 0 Å². The quantitative estimate of drug-likeness (QED) is 0.873. The standard InChI is InChI=1S/C19H23FN2O/c1-13-5-7-16(15(3)9-13)11-22(4)12-19(23)21-18-8-6-14(2)10-17(18)20/h5-10H,11-12H2,1-4H3,(H,21,23)/p+1. The van der Waals surface area contributed by atoms with Gasteiger partial charge in [-0.05, 0) is 44.0 Å². The van der Waals surface area contributed by atoms with E-state index in [1.165, 1.54) is 22.8 Å². The summed E-state index contributed by atoms with van der Waals surface area (Å²) in [6.07, 6.45) is 0. The molecule has 1 amide bonds. The summed E-state index contributed by atoms with van der Waals surface area (Å²) in [6, 6.07) is 11.1. The van der Waals surface area contributed by atoms with Gasteiger partial charge in [-0.1, -0.05) is 29.8 Å². The molecule has 2 aromatic carbocycles. The van der Waals surface area contributed by atoms with Crippen LogP contribution >= 0.6 is 0 Å². The summed E-state index contributed by atoms with van der Waals surface area (Å²) < 4.78 is 13.8. The Hall–Kier alpha value is -2.20. The Morgan fingerprint density at radius 2 is 1.74 bits per heavy atom. The van der Waals surface area contributed by atoms with Gasteiger partial charge in [-0.25, -0.2) is 4.39 Å². The van der Waals surface area contributed by atoms with E-state index in [4.69, 9.17) is 0 Å². The first-order chi connectivity index (χ1) is 10.8. The molecule has 0 saturated carbocycles. The molecule has 0 fully saturated rings.